The Hall–Kier alpha value is -0.860. The molecular weight excluding hydrogens is 256 g/mol. The predicted molar refractivity (Wildman–Crippen MR) is 91.8 cm³/mol. The molecule has 0 amide bonds. The Morgan fingerprint density at radius 2 is 1.86 bits per heavy atom. The van der Waals surface area contributed by atoms with Gasteiger partial charge in [0.15, 0.2) is 0 Å². The second kappa shape index (κ2) is 7.95. The van der Waals surface area contributed by atoms with Gasteiger partial charge in [-0.2, -0.15) is 0 Å². The summed E-state index contributed by atoms with van der Waals surface area (Å²) in [6.45, 7) is 6.73. The SMILES string of the molecule is CNC(CN(C)CC1CCCCC1)c1ccc(C)c(C)c1. The van der Waals surface area contributed by atoms with Gasteiger partial charge >= 0.3 is 0 Å². The molecule has 0 saturated heterocycles. The smallest absolute Gasteiger partial charge is 0.0446 e. The molecule has 1 saturated carbocycles. The number of aryl methyl sites for hydroxylation is 2. The first-order valence-electron chi connectivity index (χ1n) is 8.53. The van der Waals surface area contributed by atoms with Gasteiger partial charge in [0.05, 0.1) is 0 Å². The van der Waals surface area contributed by atoms with Crippen LogP contribution >= 0.6 is 0 Å². The molecule has 0 heterocycles. The Kier molecular flexibility index (Phi) is 6.25. The molecule has 1 aromatic carbocycles. The molecule has 0 radical (unpaired) electrons. The summed E-state index contributed by atoms with van der Waals surface area (Å²) in [4.78, 5) is 2.52. The molecule has 0 aromatic heterocycles. The van der Waals surface area contributed by atoms with Gasteiger partial charge in [-0.15, -0.1) is 0 Å². The molecule has 0 aliphatic heterocycles. The summed E-state index contributed by atoms with van der Waals surface area (Å²) in [5, 5.41) is 3.49. The minimum atomic E-state index is 0.429. The van der Waals surface area contributed by atoms with Crippen LogP contribution in [0.3, 0.4) is 0 Å². The van der Waals surface area contributed by atoms with Gasteiger partial charge in [0.2, 0.25) is 0 Å². The maximum Gasteiger partial charge on any atom is 0.0446 e. The standard InChI is InChI=1S/C19H32N2/c1-15-10-11-18(12-16(15)2)19(20-3)14-21(4)13-17-8-6-5-7-9-17/h10-12,17,19-20H,5-9,13-14H2,1-4H3. The van der Waals surface area contributed by atoms with Crippen LogP contribution in [0.1, 0.15) is 54.8 Å². The van der Waals surface area contributed by atoms with Crippen LogP contribution in [0.4, 0.5) is 0 Å². The summed E-state index contributed by atoms with van der Waals surface area (Å²) >= 11 is 0. The molecule has 1 atom stereocenters. The minimum Gasteiger partial charge on any atom is -0.312 e. The quantitative estimate of drug-likeness (QED) is 0.848. The number of rotatable bonds is 6. The van der Waals surface area contributed by atoms with Gasteiger partial charge in [0.1, 0.15) is 0 Å². The first-order chi connectivity index (χ1) is 10.1. The molecule has 1 fully saturated rings. The van der Waals surface area contributed by atoms with Crippen molar-refractivity contribution in [1.82, 2.24) is 10.2 Å². The molecule has 2 rings (SSSR count). The van der Waals surface area contributed by atoms with Crippen molar-refractivity contribution >= 4 is 0 Å². The Morgan fingerprint density at radius 3 is 2.48 bits per heavy atom. The zero-order chi connectivity index (χ0) is 15.2. The van der Waals surface area contributed by atoms with Gasteiger partial charge in [0, 0.05) is 19.1 Å². The molecular formula is C19H32N2. The fraction of sp³-hybridized carbons (Fsp3) is 0.684. The van der Waals surface area contributed by atoms with E-state index in [9.17, 15) is 0 Å². The Balaban J connectivity index is 1.92. The topological polar surface area (TPSA) is 15.3 Å². The lowest BCUT2D eigenvalue weighted by atomic mass is 9.89. The summed E-state index contributed by atoms with van der Waals surface area (Å²) in [5.41, 5.74) is 4.18. The number of hydrogen-bond donors (Lipinski definition) is 1. The van der Waals surface area contributed by atoms with E-state index in [0.29, 0.717) is 6.04 Å². The van der Waals surface area contributed by atoms with E-state index in [-0.39, 0.29) is 0 Å². The highest BCUT2D eigenvalue weighted by molar-refractivity contribution is 5.31. The molecule has 1 aromatic rings. The average molecular weight is 288 g/mol. The maximum absolute atomic E-state index is 3.49. The average Bonchev–Trinajstić information content (AvgIpc) is 2.49. The Bertz CT molecular complexity index is 435. The van der Waals surface area contributed by atoms with Crippen molar-refractivity contribution in [3.8, 4) is 0 Å². The van der Waals surface area contributed by atoms with Crippen molar-refractivity contribution in [2.45, 2.75) is 52.0 Å². The largest absolute Gasteiger partial charge is 0.312 e. The fourth-order valence-electron chi connectivity index (χ4n) is 3.54. The van der Waals surface area contributed by atoms with Gasteiger partial charge in [0.25, 0.3) is 0 Å². The zero-order valence-electron chi connectivity index (χ0n) is 14.3. The number of benzene rings is 1. The molecule has 2 nitrogen and oxygen atoms in total. The number of nitrogens with one attached hydrogen (secondary N) is 1. The van der Waals surface area contributed by atoms with Crippen molar-refractivity contribution < 1.29 is 0 Å². The van der Waals surface area contributed by atoms with E-state index in [1.54, 1.807) is 0 Å². The van der Waals surface area contributed by atoms with Crippen molar-refractivity contribution in [1.29, 1.82) is 0 Å². The van der Waals surface area contributed by atoms with Crippen LogP contribution in [0.5, 0.6) is 0 Å². The van der Waals surface area contributed by atoms with Crippen molar-refractivity contribution in [3.05, 3.63) is 34.9 Å². The van der Waals surface area contributed by atoms with Crippen LogP contribution in [0, 0.1) is 19.8 Å². The summed E-state index contributed by atoms with van der Waals surface area (Å²) in [6, 6.07) is 7.29. The van der Waals surface area contributed by atoms with Gasteiger partial charge in [-0.3, -0.25) is 0 Å². The lowest BCUT2D eigenvalue weighted by Crippen LogP contribution is -2.34. The molecule has 1 aliphatic carbocycles. The van der Waals surface area contributed by atoms with E-state index in [0.717, 1.165) is 12.5 Å². The molecule has 118 valence electrons. The van der Waals surface area contributed by atoms with Crippen LogP contribution in [-0.4, -0.2) is 32.1 Å². The van der Waals surface area contributed by atoms with Crippen molar-refractivity contribution in [3.63, 3.8) is 0 Å². The van der Waals surface area contributed by atoms with E-state index in [1.165, 1.54) is 55.3 Å². The van der Waals surface area contributed by atoms with E-state index in [1.807, 2.05) is 0 Å². The Morgan fingerprint density at radius 1 is 1.14 bits per heavy atom. The third kappa shape index (κ3) is 4.82. The number of likely N-dealkylation sites (N-methyl/N-ethyl adjacent to an activating group) is 2. The monoisotopic (exact) mass is 288 g/mol. The van der Waals surface area contributed by atoms with Gasteiger partial charge in [-0.05, 0) is 63.4 Å². The third-order valence-electron chi connectivity index (χ3n) is 5.07. The van der Waals surface area contributed by atoms with Gasteiger partial charge in [-0.1, -0.05) is 37.5 Å². The second-order valence-electron chi connectivity index (χ2n) is 6.91. The van der Waals surface area contributed by atoms with Crippen molar-refractivity contribution in [2.24, 2.45) is 5.92 Å². The van der Waals surface area contributed by atoms with E-state index in [4.69, 9.17) is 0 Å². The molecule has 0 bridgehead atoms. The van der Waals surface area contributed by atoms with Crippen LogP contribution in [0.25, 0.3) is 0 Å². The molecule has 0 spiro atoms. The molecule has 1 aliphatic rings. The lowest BCUT2D eigenvalue weighted by Gasteiger charge is -2.30. The minimum absolute atomic E-state index is 0.429. The highest BCUT2D eigenvalue weighted by Crippen LogP contribution is 2.25. The van der Waals surface area contributed by atoms with Crippen LogP contribution in [-0.2, 0) is 0 Å². The highest BCUT2D eigenvalue weighted by atomic mass is 15.1. The third-order valence-corrected chi connectivity index (χ3v) is 5.07. The molecule has 1 N–H and O–H groups in total. The highest BCUT2D eigenvalue weighted by Gasteiger charge is 2.18. The molecule has 2 heteroatoms. The maximum atomic E-state index is 3.49. The second-order valence-corrected chi connectivity index (χ2v) is 6.91. The molecule has 21 heavy (non-hydrogen) atoms. The predicted octanol–water partition coefficient (Wildman–Crippen LogP) is 4.08. The Labute approximate surface area is 130 Å². The summed E-state index contributed by atoms with van der Waals surface area (Å²) in [6.07, 6.45) is 7.18. The number of hydrogen-bond acceptors (Lipinski definition) is 2. The van der Waals surface area contributed by atoms with Crippen LogP contribution in [0.2, 0.25) is 0 Å². The summed E-state index contributed by atoms with van der Waals surface area (Å²) < 4.78 is 0. The van der Waals surface area contributed by atoms with E-state index in [2.05, 4.69) is 56.4 Å². The summed E-state index contributed by atoms with van der Waals surface area (Å²) in [5.74, 6) is 0.918. The first kappa shape index (κ1) is 16.5. The number of nitrogens with zero attached hydrogens (tertiary/aromatic N) is 1. The fourth-order valence-corrected chi connectivity index (χ4v) is 3.54. The first-order valence-corrected chi connectivity index (χ1v) is 8.53. The molecule has 1 unspecified atom stereocenters. The van der Waals surface area contributed by atoms with Gasteiger partial charge in [-0.25, -0.2) is 0 Å². The normalized spacial score (nSPS) is 18.1. The summed E-state index contributed by atoms with van der Waals surface area (Å²) in [7, 11) is 4.36. The van der Waals surface area contributed by atoms with E-state index < -0.39 is 0 Å². The van der Waals surface area contributed by atoms with Crippen molar-refractivity contribution in [2.75, 3.05) is 27.2 Å². The lowest BCUT2D eigenvalue weighted by molar-refractivity contribution is 0.218. The zero-order valence-corrected chi connectivity index (χ0v) is 14.3. The van der Waals surface area contributed by atoms with E-state index >= 15 is 0 Å². The van der Waals surface area contributed by atoms with Crippen LogP contribution in [0.15, 0.2) is 18.2 Å². The van der Waals surface area contributed by atoms with Crippen LogP contribution < -0.4 is 5.32 Å². The van der Waals surface area contributed by atoms with Gasteiger partial charge < -0.3 is 10.2 Å².